The van der Waals surface area contributed by atoms with Crippen molar-refractivity contribution in [2.75, 3.05) is 27.9 Å². The minimum atomic E-state index is -0.526. The average molecular weight is 429 g/mol. The number of carbonyl (C=O) groups is 2. The third-order valence-corrected chi connectivity index (χ3v) is 5.01. The highest BCUT2D eigenvalue weighted by molar-refractivity contribution is 5.87. The number of nitrogens with one attached hydrogen (secondary N) is 1. The van der Waals surface area contributed by atoms with Crippen molar-refractivity contribution in [1.82, 2.24) is 10.2 Å². The molecule has 1 atom stereocenters. The fourth-order valence-corrected chi connectivity index (χ4v) is 3.24. The molecule has 0 saturated heterocycles. The number of likely N-dealkylation sites (N-methyl/N-ethyl adjacent to an activating group) is 1. The highest BCUT2D eigenvalue weighted by Gasteiger charge is 2.27. The summed E-state index contributed by atoms with van der Waals surface area (Å²) in [6.07, 6.45) is 1.37. The van der Waals surface area contributed by atoms with Crippen LogP contribution in [-0.4, -0.2) is 50.6 Å². The number of amides is 2. The van der Waals surface area contributed by atoms with Crippen LogP contribution in [0.3, 0.4) is 0 Å². The Morgan fingerprint density at radius 1 is 0.935 bits per heavy atom. The van der Waals surface area contributed by atoms with Crippen LogP contribution in [0.25, 0.3) is 0 Å². The first-order chi connectivity index (χ1) is 15.0. The first-order valence-corrected chi connectivity index (χ1v) is 10.4. The molecule has 0 saturated carbocycles. The van der Waals surface area contributed by atoms with E-state index in [4.69, 9.17) is 14.2 Å². The molecule has 168 valence electrons. The second-order valence-corrected chi connectivity index (χ2v) is 7.04. The summed E-state index contributed by atoms with van der Waals surface area (Å²) in [5, 5.41) is 2.67. The van der Waals surface area contributed by atoms with E-state index in [2.05, 4.69) is 5.32 Å². The number of benzene rings is 2. The molecule has 7 heteroatoms. The lowest BCUT2D eigenvalue weighted by Crippen LogP contribution is -2.48. The van der Waals surface area contributed by atoms with Crippen LogP contribution in [0.2, 0.25) is 0 Å². The summed E-state index contributed by atoms with van der Waals surface area (Å²) in [5.74, 6) is 1.98. The molecule has 0 aromatic heterocycles. The van der Waals surface area contributed by atoms with Gasteiger partial charge in [0, 0.05) is 20.0 Å². The Bertz CT molecular complexity index is 821. The number of nitrogens with zero attached hydrogens (tertiary/aromatic N) is 1. The third kappa shape index (κ3) is 7.20. The Kier molecular flexibility index (Phi) is 9.68. The van der Waals surface area contributed by atoms with Gasteiger partial charge in [-0.05, 0) is 54.8 Å². The molecule has 2 amide bonds. The average Bonchev–Trinajstić information content (AvgIpc) is 2.82. The molecule has 0 fully saturated rings. The van der Waals surface area contributed by atoms with Crippen LogP contribution in [0.1, 0.15) is 31.7 Å². The number of hydrogen-bond donors (Lipinski definition) is 1. The van der Waals surface area contributed by atoms with E-state index in [0.29, 0.717) is 32.4 Å². The second kappa shape index (κ2) is 12.5. The van der Waals surface area contributed by atoms with Gasteiger partial charge in [-0.15, -0.1) is 0 Å². The molecular weight excluding hydrogens is 396 g/mol. The second-order valence-electron chi connectivity index (χ2n) is 7.04. The Morgan fingerprint density at radius 3 is 2.00 bits per heavy atom. The Balaban J connectivity index is 1.99. The predicted molar refractivity (Wildman–Crippen MR) is 119 cm³/mol. The van der Waals surface area contributed by atoms with Gasteiger partial charge in [-0.25, -0.2) is 0 Å². The van der Waals surface area contributed by atoms with Gasteiger partial charge in [-0.3, -0.25) is 9.59 Å². The van der Waals surface area contributed by atoms with Crippen molar-refractivity contribution in [3.63, 3.8) is 0 Å². The summed E-state index contributed by atoms with van der Waals surface area (Å²) < 4.78 is 16.0. The van der Waals surface area contributed by atoms with E-state index in [1.807, 2.05) is 55.5 Å². The van der Waals surface area contributed by atoms with Gasteiger partial charge < -0.3 is 24.4 Å². The van der Waals surface area contributed by atoms with Crippen LogP contribution < -0.4 is 19.5 Å². The van der Waals surface area contributed by atoms with E-state index in [1.165, 1.54) is 0 Å². The molecule has 0 bridgehead atoms. The highest BCUT2D eigenvalue weighted by Crippen LogP contribution is 2.19. The Labute approximate surface area is 184 Å². The van der Waals surface area contributed by atoms with Crippen LogP contribution in [-0.2, 0) is 16.1 Å². The van der Waals surface area contributed by atoms with E-state index in [0.717, 1.165) is 22.8 Å². The molecule has 7 nitrogen and oxygen atoms in total. The smallest absolute Gasteiger partial charge is 0.242 e. The van der Waals surface area contributed by atoms with Crippen LogP contribution in [0.4, 0.5) is 0 Å². The Hall–Kier alpha value is -3.22. The molecule has 0 heterocycles. The molecule has 31 heavy (non-hydrogen) atoms. The number of hydrogen-bond acceptors (Lipinski definition) is 5. The normalized spacial score (nSPS) is 11.4. The van der Waals surface area contributed by atoms with Crippen LogP contribution in [0.15, 0.2) is 48.5 Å². The minimum Gasteiger partial charge on any atom is -0.497 e. The first kappa shape index (κ1) is 24.1. The fraction of sp³-hybridized carbons (Fsp3) is 0.417. The molecule has 2 aromatic rings. The van der Waals surface area contributed by atoms with Gasteiger partial charge in [0.15, 0.2) is 0 Å². The van der Waals surface area contributed by atoms with Gasteiger partial charge in [0.2, 0.25) is 11.8 Å². The van der Waals surface area contributed by atoms with E-state index in [-0.39, 0.29) is 11.8 Å². The predicted octanol–water partition coefficient (Wildman–Crippen LogP) is 3.42. The molecule has 2 rings (SSSR count). The van der Waals surface area contributed by atoms with Gasteiger partial charge >= 0.3 is 0 Å². The molecule has 0 unspecified atom stereocenters. The SMILES string of the molecule is CC[C@H](C(=O)NC)N(Cc1ccc(OC)cc1)C(=O)CCCOc1ccc(OC)cc1. The van der Waals surface area contributed by atoms with E-state index < -0.39 is 6.04 Å². The Morgan fingerprint density at radius 2 is 1.48 bits per heavy atom. The highest BCUT2D eigenvalue weighted by atomic mass is 16.5. The number of ether oxygens (including phenoxy) is 3. The van der Waals surface area contributed by atoms with Gasteiger partial charge in [-0.2, -0.15) is 0 Å². The molecule has 0 aliphatic rings. The molecule has 1 N–H and O–H groups in total. The summed E-state index contributed by atoms with van der Waals surface area (Å²) in [6, 6.07) is 14.3. The van der Waals surface area contributed by atoms with Crippen molar-refractivity contribution >= 4 is 11.8 Å². The van der Waals surface area contributed by atoms with Crippen molar-refractivity contribution < 1.29 is 23.8 Å². The standard InChI is InChI=1S/C24H32N2O5/c1-5-22(24(28)25-2)26(17-18-8-10-19(29-3)11-9-18)23(27)7-6-16-31-21-14-12-20(30-4)13-15-21/h8-15,22H,5-7,16-17H2,1-4H3,(H,25,28)/t22-/m1/s1. The lowest BCUT2D eigenvalue weighted by Gasteiger charge is -2.30. The van der Waals surface area contributed by atoms with Crippen molar-refractivity contribution in [2.24, 2.45) is 0 Å². The summed E-state index contributed by atoms with van der Waals surface area (Å²) in [7, 11) is 4.81. The minimum absolute atomic E-state index is 0.0791. The summed E-state index contributed by atoms with van der Waals surface area (Å²) in [5.41, 5.74) is 0.936. The van der Waals surface area contributed by atoms with E-state index >= 15 is 0 Å². The first-order valence-electron chi connectivity index (χ1n) is 10.4. The van der Waals surface area contributed by atoms with Gasteiger partial charge in [-0.1, -0.05) is 19.1 Å². The van der Waals surface area contributed by atoms with Crippen molar-refractivity contribution in [1.29, 1.82) is 0 Å². The monoisotopic (exact) mass is 428 g/mol. The molecule has 0 aliphatic heterocycles. The largest absolute Gasteiger partial charge is 0.497 e. The summed E-state index contributed by atoms with van der Waals surface area (Å²) >= 11 is 0. The lowest BCUT2D eigenvalue weighted by molar-refractivity contribution is -0.141. The quantitative estimate of drug-likeness (QED) is 0.524. The van der Waals surface area contributed by atoms with Gasteiger partial charge in [0.1, 0.15) is 23.3 Å². The van der Waals surface area contributed by atoms with Crippen LogP contribution >= 0.6 is 0 Å². The number of carbonyl (C=O) groups excluding carboxylic acids is 2. The fourth-order valence-electron chi connectivity index (χ4n) is 3.24. The van der Waals surface area contributed by atoms with Crippen LogP contribution in [0.5, 0.6) is 17.2 Å². The van der Waals surface area contributed by atoms with Crippen molar-refractivity contribution in [2.45, 2.75) is 38.8 Å². The molecule has 2 aromatic carbocycles. The van der Waals surface area contributed by atoms with Crippen molar-refractivity contribution in [3.05, 3.63) is 54.1 Å². The maximum Gasteiger partial charge on any atom is 0.242 e. The van der Waals surface area contributed by atoms with Crippen LogP contribution in [0, 0.1) is 0 Å². The summed E-state index contributed by atoms with van der Waals surface area (Å²) in [4.78, 5) is 27.1. The molecule has 0 aliphatic carbocycles. The lowest BCUT2D eigenvalue weighted by atomic mass is 10.1. The van der Waals surface area contributed by atoms with E-state index in [9.17, 15) is 9.59 Å². The topological polar surface area (TPSA) is 77.1 Å². The maximum absolute atomic E-state index is 13.0. The molecular formula is C24H32N2O5. The van der Waals surface area contributed by atoms with Gasteiger partial charge in [0.25, 0.3) is 0 Å². The zero-order valence-electron chi connectivity index (χ0n) is 18.7. The van der Waals surface area contributed by atoms with E-state index in [1.54, 1.807) is 26.2 Å². The zero-order valence-corrected chi connectivity index (χ0v) is 18.7. The summed E-state index contributed by atoms with van der Waals surface area (Å²) in [6.45, 7) is 2.67. The molecule has 0 spiro atoms. The third-order valence-electron chi connectivity index (χ3n) is 5.01. The van der Waals surface area contributed by atoms with Gasteiger partial charge in [0.05, 0.1) is 20.8 Å². The number of methoxy groups -OCH3 is 2. The molecule has 0 radical (unpaired) electrons. The maximum atomic E-state index is 13.0. The zero-order chi connectivity index (χ0) is 22.6. The number of rotatable bonds is 12. The van der Waals surface area contributed by atoms with Crippen molar-refractivity contribution in [3.8, 4) is 17.2 Å².